The molecule has 0 radical (unpaired) electrons. The number of nitrogens with one attached hydrogen (secondary N) is 1. The van der Waals surface area contributed by atoms with Crippen LogP contribution in [0.2, 0.25) is 0 Å². The molecule has 4 rings (SSSR count). The predicted octanol–water partition coefficient (Wildman–Crippen LogP) is 4.60. The van der Waals surface area contributed by atoms with Crippen molar-refractivity contribution in [1.82, 2.24) is 4.98 Å². The van der Waals surface area contributed by atoms with Gasteiger partial charge in [-0.05, 0) is 49.2 Å². The van der Waals surface area contributed by atoms with Gasteiger partial charge in [0.05, 0.1) is 14.2 Å². The van der Waals surface area contributed by atoms with Crippen molar-refractivity contribution in [1.29, 1.82) is 0 Å². The molecule has 1 saturated heterocycles. The molecule has 0 unspecified atom stereocenters. The molecule has 2 amide bonds. The lowest BCUT2D eigenvalue weighted by Crippen LogP contribution is -2.35. The Labute approximate surface area is 184 Å². The molecule has 1 N–H and O–H groups in total. The highest BCUT2D eigenvalue weighted by molar-refractivity contribution is 7.13. The number of benzene rings is 2. The summed E-state index contributed by atoms with van der Waals surface area (Å²) >= 11 is 1.38. The average Bonchev–Trinajstić information content (AvgIpc) is 3.29. The van der Waals surface area contributed by atoms with Gasteiger partial charge in [0.15, 0.2) is 11.5 Å². The molecule has 0 spiro atoms. The van der Waals surface area contributed by atoms with Crippen LogP contribution < -0.4 is 19.7 Å². The van der Waals surface area contributed by atoms with Gasteiger partial charge in [0.1, 0.15) is 10.7 Å². The molecule has 7 nitrogen and oxygen atoms in total. The number of aromatic nitrogens is 1. The normalized spacial score (nSPS) is 13.7. The van der Waals surface area contributed by atoms with Crippen molar-refractivity contribution in [2.45, 2.75) is 19.3 Å². The minimum Gasteiger partial charge on any atom is -0.493 e. The van der Waals surface area contributed by atoms with Crippen LogP contribution in [0.4, 0.5) is 11.4 Å². The average molecular weight is 438 g/mol. The molecule has 0 saturated carbocycles. The summed E-state index contributed by atoms with van der Waals surface area (Å²) in [5, 5.41) is 5.31. The lowest BCUT2D eigenvalue weighted by Gasteiger charge is -2.27. The number of piperidine rings is 1. The lowest BCUT2D eigenvalue weighted by atomic mass is 10.1. The fourth-order valence-electron chi connectivity index (χ4n) is 3.51. The topological polar surface area (TPSA) is 80.8 Å². The summed E-state index contributed by atoms with van der Waals surface area (Å²) in [5.41, 5.74) is 2.59. The van der Waals surface area contributed by atoms with Crippen molar-refractivity contribution in [3.8, 4) is 22.1 Å². The monoisotopic (exact) mass is 437 g/mol. The Morgan fingerprint density at radius 1 is 1.10 bits per heavy atom. The van der Waals surface area contributed by atoms with Crippen LogP contribution >= 0.6 is 11.3 Å². The number of methoxy groups -OCH3 is 2. The number of thiazole rings is 1. The third-order valence-electron chi connectivity index (χ3n) is 5.11. The van der Waals surface area contributed by atoms with E-state index in [0.29, 0.717) is 40.9 Å². The zero-order chi connectivity index (χ0) is 21.8. The van der Waals surface area contributed by atoms with Crippen LogP contribution in [0.5, 0.6) is 11.5 Å². The quantitative estimate of drug-likeness (QED) is 0.610. The van der Waals surface area contributed by atoms with Gasteiger partial charge in [0.25, 0.3) is 5.91 Å². The Morgan fingerprint density at radius 3 is 2.71 bits per heavy atom. The van der Waals surface area contributed by atoms with E-state index in [-0.39, 0.29) is 11.8 Å². The van der Waals surface area contributed by atoms with Gasteiger partial charge in [-0.25, -0.2) is 4.98 Å². The van der Waals surface area contributed by atoms with Crippen molar-refractivity contribution in [2.75, 3.05) is 31.0 Å². The minimum absolute atomic E-state index is 0.119. The number of hydrogen-bond acceptors (Lipinski definition) is 6. The highest BCUT2D eigenvalue weighted by atomic mass is 32.1. The van der Waals surface area contributed by atoms with E-state index in [2.05, 4.69) is 10.3 Å². The molecule has 0 bridgehead atoms. The zero-order valence-corrected chi connectivity index (χ0v) is 18.2. The summed E-state index contributed by atoms with van der Waals surface area (Å²) in [6.07, 6.45) is 2.48. The number of carbonyl (C=O) groups excluding carboxylic acids is 2. The molecule has 1 aliphatic heterocycles. The van der Waals surface area contributed by atoms with Crippen molar-refractivity contribution < 1.29 is 19.1 Å². The molecule has 2 aromatic carbocycles. The Kier molecular flexibility index (Phi) is 6.18. The molecule has 1 aliphatic rings. The predicted molar refractivity (Wildman–Crippen MR) is 121 cm³/mol. The number of nitrogens with zero attached hydrogens (tertiary/aromatic N) is 2. The molecule has 2 heterocycles. The van der Waals surface area contributed by atoms with E-state index in [1.165, 1.54) is 11.3 Å². The maximum Gasteiger partial charge on any atom is 0.275 e. The van der Waals surface area contributed by atoms with Crippen LogP contribution in [0, 0.1) is 0 Å². The number of ether oxygens (including phenoxy) is 2. The number of anilines is 2. The minimum atomic E-state index is -0.301. The molecule has 31 heavy (non-hydrogen) atoms. The van der Waals surface area contributed by atoms with Crippen LogP contribution in [-0.4, -0.2) is 37.6 Å². The number of carbonyl (C=O) groups is 2. The largest absolute Gasteiger partial charge is 0.493 e. The zero-order valence-electron chi connectivity index (χ0n) is 17.4. The van der Waals surface area contributed by atoms with Gasteiger partial charge < -0.3 is 19.7 Å². The Bertz CT molecular complexity index is 1110. The maximum absolute atomic E-state index is 12.7. The smallest absolute Gasteiger partial charge is 0.275 e. The first-order valence-corrected chi connectivity index (χ1v) is 10.9. The molecule has 1 fully saturated rings. The molecular weight excluding hydrogens is 414 g/mol. The van der Waals surface area contributed by atoms with Crippen LogP contribution in [0.15, 0.2) is 47.8 Å². The van der Waals surface area contributed by atoms with E-state index in [9.17, 15) is 9.59 Å². The molecule has 3 aromatic rings. The van der Waals surface area contributed by atoms with E-state index in [4.69, 9.17) is 9.47 Å². The maximum atomic E-state index is 12.7. The van der Waals surface area contributed by atoms with Gasteiger partial charge in [0, 0.05) is 35.3 Å². The summed E-state index contributed by atoms with van der Waals surface area (Å²) in [6.45, 7) is 0.705. The van der Waals surface area contributed by atoms with Crippen LogP contribution in [0.25, 0.3) is 10.6 Å². The number of rotatable bonds is 6. The van der Waals surface area contributed by atoms with Gasteiger partial charge in [-0.15, -0.1) is 11.3 Å². The van der Waals surface area contributed by atoms with Crippen molar-refractivity contribution in [3.05, 3.63) is 53.5 Å². The first-order valence-electron chi connectivity index (χ1n) is 9.99. The Balaban J connectivity index is 1.50. The summed E-state index contributed by atoms with van der Waals surface area (Å²) in [4.78, 5) is 31.2. The third kappa shape index (κ3) is 4.54. The van der Waals surface area contributed by atoms with Crippen molar-refractivity contribution >= 4 is 34.5 Å². The van der Waals surface area contributed by atoms with E-state index in [1.807, 2.05) is 36.4 Å². The number of amides is 2. The van der Waals surface area contributed by atoms with Gasteiger partial charge >= 0.3 is 0 Å². The third-order valence-corrected chi connectivity index (χ3v) is 6.00. The second-order valence-corrected chi connectivity index (χ2v) is 7.97. The molecule has 160 valence electrons. The van der Waals surface area contributed by atoms with E-state index >= 15 is 0 Å². The lowest BCUT2D eigenvalue weighted by molar-refractivity contribution is -0.119. The van der Waals surface area contributed by atoms with E-state index in [1.54, 1.807) is 30.6 Å². The SMILES string of the molecule is COc1ccc(-c2nc(C(=O)Nc3cccc(N4CCCCC4=O)c3)cs2)cc1OC. The van der Waals surface area contributed by atoms with Crippen molar-refractivity contribution in [2.24, 2.45) is 0 Å². The van der Waals surface area contributed by atoms with Crippen molar-refractivity contribution in [3.63, 3.8) is 0 Å². The van der Waals surface area contributed by atoms with Gasteiger partial charge in [0.2, 0.25) is 5.91 Å². The second kappa shape index (κ2) is 9.18. The first-order chi connectivity index (χ1) is 15.1. The molecular formula is C23H23N3O4S. The molecule has 0 atom stereocenters. The fourth-order valence-corrected chi connectivity index (χ4v) is 4.30. The highest BCUT2D eigenvalue weighted by Crippen LogP contribution is 2.33. The Hall–Kier alpha value is -3.39. The van der Waals surface area contributed by atoms with E-state index < -0.39 is 0 Å². The molecule has 0 aliphatic carbocycles. The summed E-state index contributed by atoms with van der Waals surface area (Å²) in [7, 11) is 3.16. The standard InChI is InChI=1S/C23H23N3O4S/c1-29-19-10-9-15(12-20(19)30-2)23-25-18(14-31-23)22(28)24-16-6-5-7-17(13-16)26-11-4-3-8-21(26)27/h5-7,9-10,12-14H,3-4,8,11H2,1-2H3,(H,24,28). The van der Waals surface area contributed by atoms with Gasteiger partial charge in [-0.3, -0.25) is 9.59 Å². The van der Waals surface area contributed by atoms with E-state index in [0.717, 1.165) is 24.1 Å². The van der Waals surface area contributed by atoms with Crippen LogP contribution in [0.3, 0.4) is 0 Å². The fraction of sp³-hybridized carbons (Fsp3) is 0.261. The van der Waals surface area contributed by atoms with Crippen LogP contribution in [-0.2, 0) is 4.79 Å². The summed E-state index contributed by atoms with van der Waals surface area (Å²) in [6, 6.07) is 12.9. The molecule has 8 heteroatoms. The second-order valence-electron chi connectivity index (χ2n) is 7.11. The van der Waals surface area contributed by atoms with Crippen LogP contribution in [0.1, 0.15) is 29.8 Å². The Morgan fingerprint density at radius 2 is 1.94 bits per heavy atom. The first kappa shape index (κ1) is 20.9. The molecule has 1 aromatic heterocycles. The highest BCUT2D eigenvalue weighted by Gasteiger charge is 2.20. The summed E-state index contributed by atoms with van der Waals surface area (Å²) < 4.78 is 10.6. The van der Waals surface area contributed by atoms with Gasteiger partial charge in [-0.1, -0.05) is 6.07 Å². The number of hydrogen-bond donors (Lipinski definition) is 1. The summed E-state index contributed by atoms with van der Waals surface area (Å²) in [5.74, 6) is 1.05. The van der Waals surface area contributed by atoms with Gasteiger partial charge in [-0.2, -0.15) is 0 Å².